The Morgan fingerprint density at radius 2 is 2.00 bits per heavy atom. The normalized spacial score (nSPS) is 14.6. The van der Waals surface area contributed by atoms with Crippen LogP contribution in [0.15, 0.2) is 0 Å². The molecule has 6 nitrogen and oxygen atoms in total. The highest BCUT2D eigenvalue weighted by atomic mass is 32.1. The molecule has 3 heterocycles. The van der Waals surface area contributed by atoms with E-state index in [2.05, 4.69) is 19.7 Å². The van der Waals surface area contributed by atoms with Crippen molar-refractivity contribution in [3.63, 3.8) is 0 Å². The molecule has 1 amide bonds. The van der Waals surface area contributed by atoms with Crippen LogP contribution in [-0.2, 0) is 13.1 Å². The van der Waals surface area contributed by atoms with Crippen LogP contribution in [0.5, 0.6) is 0 Å². The monoisotopic (exact) mass is 277 g/mol. The van der Waals surface area contributed by atoms with Crippen molar-refractivity contribution < 1.29 is 4.79 Å². The molecule has 0 radical (unpaired) electrons. The smallest absolute Gasteiger partial charge is 0.266 e. The van der Waals surface area contributed by atoms with Crippen LogP contribution in [0.3, 0.4) is 0 Å². The number of aryl methyl sites for hydroxylation is 3. The van der Waals surface area contributed by atoms with E-state index in [0.717, 1.165) is 33.8 Å². The first-order valence-electron chi connectivity index (χ1n) is 6.18. The van der Waals surface area contributed by atoms with Gasteiger partial charge in [0.15, 0.2) is 5.82 Å². The van der Waals surface area contributed by atoms with Crippen molar-refractivity contribution in [2.24, 2.45) is 0 Å². The Kier molecular flexibility index (Phi) is 2.85. The molecule has 3 rings (SSSR count). The molecule has 0 aliphatic carbocycles. The van der Waals surface area contributed by atoms with E-state index in [4.69, 9.17) is 0 Å². The number of aromatic nitrogens is 4. The van der Waals surface area contributed by atoms with Crippen molar-refractivity contribution in [3.8, 4) is 0 Å². The third-order valence-electron chi connectivity index (χ3n) is 3.32. The van der Waals surface area contributed by atoms with Gasteiger partial charge in [-0.2, -0.15) is 0 Å². The van der Waals surface area contributed by atoms with Gasteiger partial charge in [0.05, 0.1) is 17.2 Å². The number of hydrogen-bond donors (Lipinski definition) is 0. The van der Waals surface area contributed by atoms with Gasteiger partial charge in [0.25, 0.3) is 5.91 Å². The number of carbonyl (C=O) groups excluding carboxylic acids is 1. The SMILES string of the molecule is Cc1nc(C)c(C(=O)N2CCn3c(C)nnc3C2)s1. The van der Waals surface area contributed by atoms with Gasteiger partial charge in [0, 0.05) is 13.1 Å². The Morgan fingerprint density at radius 1 is 1.21 bits per heavy atom. The fraction of sp³-hybridized carbons (Fsp3) is 0.500. The Hall–Kier alpha value is -1.76. The van der Waals surface area contributed by atoms with E-state index in [9.17, 15) is 4.79 Å². The molecule has 0 N–H and O–H groups in total. The fourth-order valence-corrected chi connectivity index (χ4v) is 3.24. The van der Waals surface area contributed by atoms with Gasteiger partial charge in [0.2, 0.25) is 0 Å². The van der Waals surface area contributed by atoms with Crippen molar-refractivity contribution in [2.45, 2.75) is 33.9 Å². The molecule has 0 saturated carbocycles. The van der Waals surface area contributed by atoms with E-state index >= 15 is 0 Å². The zero-order valence-electron chi connectivity index (χ0n) is 11.2. The van der Waals surface area contributed by atoms with Crippen LogP contribution in [0.4, 0.5) is 0 Å². The Morgan fingerprint density at radius 3 is 2.68 bits per heavy atom. The Bertz CT molecular complexity index is 645. The Labute approximate surface area is 115 Å². The molecule has 19 heavy (non-hydrogen) atoms. The molecule has 1 aliphatic rings. The minimum Gasteiger partial charge on any atom is -0.329 e. The summed E-state index contributed by atoms with van der Waals surface area (Å²) >= 11 is 1.46. The van der Waals surface area contributed by atoms with Gasteiger partial charge in [-0.05, 0) is 20.8 Å². The predicted octanol–water partition coefficient (Wildman–Crippen LogP) is 1.32. The van der Waals surface area contributed by atoms with Crippen LogP contribution < -0.4 is 0 Å². The topological polar surface area (TPSA) is 63.9 Å². The zero-order valence-corrected chi connectivity index (χ0v) is 12.0. The molecule has 2 aromatic heterocycles. The van der Waals surface area contributed by atoms with Crippen molar-refractivity contribution in [3.05, 3.63) is 27.2 Å². The third kappa shape index (κ3) is 2.03. The molecule has 0 saturated heterocycles. The quantitative estimate of drug-likeness (QED) is 0.788. The lowest BCUT2D eigenvalue weighted by atomic mass is 10.3. The van der Waals surface area contributed by atoms with Gasteiger partial charge in [-0.1, -0.05) is 0 Å². The molecule has 0 spiro atoms. The molecule has 0 atom stereocenters. The number of nitrogens with zero attached hydrogens (tertiary/aromatic N) is 5. The van der Waals surface area contributed by atoms with Crippen LogP contribution in [0.1, 0.15) is 32.0 Å². The first-order valence-corrected chi connectivity index (χ1v) is 7.00. The van der Waals surface area contributed by atoms with Crippen LogP contribution in [-0.4, -0.2) is 37.1 Å². The van der Waals surface area contributed by atoms with E-state index in [1.54, 1.807) is 0 Å². The summed E-state index contributed by atoms with van der Waals surface area (Å²) in [4.78, 5) is 19.4. The van der Waals surface area contributed by atoms with Crippen molar-refractivity contribution in [2.75, 3.05) is 6.54 Å². The van der Waals surface area contributed by atoms with Gasteiger partial charge in [-0.15, -0.1) is 21.5 Å². The van der Waals surface area contributed by atoms with Gasteiger partial charge in [0.1, 0.15) is 10.7 Å². The zero-order chi connectivity index (χ0) is 13.6. The van der Waals surface area contributed by atoms with Gasteiger partial charge in [-0.25, -0.2) is 4.98 Å². The van der Waals surface area contributed by atoms with Crippen molar-refractivity contribution in [1.29, 1.82) is 0 Å². The molecule has 2 aromatic rings. The number of thiazole rings is 1. The van der Waals surface area contributed by atoms with E-state index in [0.29, 0.717) is 13.1 Å². The molecule has 0 aromatic carbocycles. The molecule has 0 unspecified atom stereocenters. The molecule has 100 valence electrons. The van der Waals surface area contributed by atoms with Gasteiger partial charge < -0.3 is 9.47 Å². The minimum atomic E-state index is 0.0509. The number of fused-ring (bicyclic) bond motifs is 1. The standard InChI is InChI=1S/C12H15N5OS/c1-7-11(19-9(3)13-7)12(18)16-4-5-17-8(2)14-15-10(17)6-16/h4-6H2,1-3H3. The second-order valence-electron chi connectivity index (χ2n) is 4.69. The lowest BCUT2D eigenvalue weighted by Gasteiger charge is -2.27. The highest BCUT2D eigenvalue weighted by Crippen LogP contribution is 2.21. The summed E-state index contributed by atoms with van der Waals surface area (Å²) in [7, 11) is 0. The van der Waals surface area contributed by atoms with Crippen LogP contribution in [0.2, 0.25) is 0 Å². The molecular weight excluding hydrogens is 262 g/mol. The maximum Gasteiger partial charge on any atom is 0.266 e. The van der Waals surface area contributed by atoms with Crippen molar-refractivity contribution >= 4 is 17.2 Å². The molecular formula is C12H15N5OS. The van der Waals surface area contributed by atoms with E-state index in [-0.39, 0.29) is 5.91 Å². The van der Waals surface area contributed by atoms with Crippen LogP contribution in [0.25, 0.3) is 0 Å². The number of rotatable bonds is 1. The number of carbonyl (C=O) groups is 1. The summed E-state index contributed by atoms with van der Waals surface area (Å²) < 4.78 is 2.06. The molecule has 7 heteroatoms. The largest absolute Gasteiger partial charge is 0.329 e. The first-order chi connectivity index (χ1) is 9.06. The van der Waals surface area contributed by atoms with Crippen molar-refractivity contribution in [1.82, 2.24) is 24.6 Å². The number of hydrogen-bond acceptors (Lipinski definition) is 5. The minimum absolute atomic E-state index is 0.0509. The predicted molar refractivity (Wildman–Crippen MR) is 71.1 cm³/mol. The van der Waals surface area contributed by atoms with E-state index in [1.165, 1.54) is 11.3 Å². The fourth-order valence-electron chi connectivity index (χ4n) is 2.35. The maximum atomic E-state index is 12.5. The summed E-state index contributed by atoms with van der Waals surface area (Å²) in [6.45, 7) is 7.72. The van der Waals surface area contributed by atoms with Crippen LogP contribution in [0, 0.1) is 20.8 Å². The van der Waals surface area contributed by atoms with E-state index < -0.39 is 0 Å². The summed E-state index contributed by atoms with van der Waals surface area (Å²) in [6.07, 6.45) is 0. The second-order valence-corrected chi connectivity index (χ2v) is 5.89. The lowest BCUT2D eigenvalue weighted by molar-refractivity contribution is 0.0710. The summed E-state index contributed by atoms with van der Waals surface area (Å²) in [5.41, 5.74) is 0.815. The average molecular weight is 277 g/mol. The van der Waals surface area contributed by atoms with E-state index in [1.807, 2.05) is 25.7 Å². The number of amides is 1. The Balaban J connectivity index is 1.85. The van der Waals surface area contributed by atoms with Crippen LogP contribution >= 0.6 is 11.3 Å². The molecule has 0 fully saturated rings. The third-order valence-corrected chi connectivity index (χ3v) is 4.38. The summed E-state index contributed by atoms with van der Waals surface area (Å²) in [5.74, 6) is 1.82. The first kappa shape index (κ1) is 12.3. The maximum absolute atomic E-state index is 12.5. The second kappa shape index (κ2) is 4.41. The lowest BCUT2D eigenvalue weighted by Crippen LogP contribution is -2.38. The summed E-state index contributed by atoms with van der Waals surface area (Å²) in [5, 5.41) is 9.10. The molecule has 0 bridgehead atoms. The average Bonchev–Trinajstić information content (AvgIpc) is 2.92. The summed E-state index contributed by atoms with van der Waals surface area (Å²) in [6, 6.07) is 0. The van der Waals surface area contributed by atoms with Gasteiger partial charge >= 0.3 is 0 Å². The van der Waals surface area contributed by atoms with Gasteiger partial charge in [-0.3, -0.25) is 4.79 Å². The molecule has 1 aliphatic heterocycles. The highest BCUT2D eigenvalue weighted by molar-refractivity contribution is 7.13. The highest BCUT2D eigenvalue weighted by Gasteiger charge is 2.26.